The monoisotopic (exact) mass is 314 g/mol. The zero-order valence-corrected chi connectivity index (χ0v) is 14.1. The lowest BCUT2D eigenvalue weighted by Crippen LogP contribution is -2.57. The van der Waals surface area contributed by atoms with E-state index in [-0.39, 0.29) is 11.8 Å². The number of hydrogen-bond donors (Lipinski definition) is 3. The van der Waals surface area contributed by atoms with E-state index >= 15 is 0 Å². The van der Waals surface area contributed by atoms with Crippen molar-refractivity contribution in [1.29, 1.82) is 0 Å². The molecule has 0 unspecified atom stereocenters. The van der Waals surface area contributed by atoms with Crippen LogP contribution in [0.1, 0.15) is 37.1 Å². The fourth-order valence-corrected chi connectivity index (χ4v) is 2.58. The average molecular weight is 314 g/mol. The van der Waals surface area contributed by atoms with E-state index in [2.05, 4.69) is 15.3 Å². The van der Waals surface area contributed by atoms with Gasteiger partial charge in [0.2, 0.25) is 5.91 Å². The maximum atomic E-state index is 12.7. The van der Waals surface area contributed by atoms with Gasteiger partial charge in [0.05, 0.1) is 11.9 Å². The summed E-state index contributed by atoms with van der Waals surface area (Å²) in [6, 6.07) is 8.03. The highest BCUT2D eigenvalue weighted by Gasteiger charge is 2.36. The molecule has 23 heavy (non-hydrogen) atoms. The Hall–Kier alpha value is -2.14. The molecule has 1 heterocycles. The van der Waals surface area contributed by atoms with Crippen LogP contribution in [0.3, 0.4) is 0 Å². The average Bonchev–Trinajstić information content (AvgIpc) is 3.04. The number of aromatic nitrogens is 2. The molecule has 2 aromatic rings. The Morgan fingerprint density at radius 2 is 2.13 bits per heavy atom. The molecule has 0 radical (unpaired) electrons. The van der Waals surface area contributed by atoms with E-state index in [0.29, 0.717) is 19.4 Å². The number of benzene rings is 1. The number of nitrogens with zero attached hydrogens (tertiary/aromatic N) is 1. The van der Waals surface area contributed by atoms with E-state index in [9.17, 15) is 4.79 Å². The number of aryl methyl sites for hydroxylation is 2. The minimum atomic E-state index is -0.895. The molecule has 0 spiro atoms. The predicted octanol–water partition coefficient (Wildman–Crippen LogP) is 2.32. The number of nitrogens with two attached hydrogens (primary N) is 1. The van der Waals surface area contributed by atoms with Crippen LogP contribution in [0.15, 0.2) is 36.8 Å². The second kappa shape index (κ2) is 7.42. The lowest BCUT2D eigenvalue weighted by molar-refractivity contribution is -0.128. The molecule has 0 saturated heterocycles. The van der Waals surface area contributed by atoms with Crippen LogP contribution >= 0.6 is 0 Å². The van der Waals surface area contributed by atoms with Gasteiger partial charge in [0.25, 0.3) is 0 Å². The van der Waals surface area contributed by atoms with Crippen molar-refractivity contribution in [1.82, 2.24) is 15.3 Å². The van der Waals surface area contributed by atoms with Crippen LogP contribution in [0.5, 0.6) is 0 Å². The topological polar surface area (TPSA) is 83.8 Å². The Labute approximate surface area is 137 Å². The van der Waals surface area contributed by atoms with Gasteiger partial charge in [-0.2, -0.15) is 0 Å². The van der Waals surface area contributed by atoms with Crippen molar-refractivity contribution in [3.8, 4) is 0 Å². The minimum absolute atomic E-state index is 0.0438. The lowest BCUT2D eigenvalue weighted by atomic mass is 9.82. The molecule has 5 nitrogen and oxygen atoms in total. The number of aromatic amines is 1. The van der Waals surface area contributed by atoms with Crippen LogP contribution < -0.4 is 11.1 Å². The molecule has 5 heteroatoms. The van der Waals surface area contributed by atoms with Gasteiger partial charge in [-0.25, -0.2) is 4.98 Å². The molecule has 0 aliphatic carbocycles. The summed E-state index contributed by atoms with van der Waals surface area (Å²) in [4.78, 5) is 19.7. The smallest absolute Gasteiger partial charge is 0.240 e. The van der Waals surface area contributed by atoms with Crippen molar-refractivity contribution in [3.63, 3.8) is 0 Å². The summed E-state index contributed by atoms with van der Waals surface area (Å²) in [5.74, 6) is -0.0578. The fourth-order valence-electron chi connectivity index (χ4n) is 2.58. The number of H-pyrrole nitrogens is 1. The number of carbonyl (C=O) groups is 1. The van der Waals surface area contributed by atoms with E-state index in [4.69, 9.17) is 5.73 Å². The molecule has 0 fully saturated rings. The molecule has 1 aromatic heterocycles. The fraction of sp³-hybridized carbons (Fsp3) is 0.444. The number of carbonyl (C=O) groups excluding carboxylic acids is 1. The lowest BCUT2D eigenvalue weighted by Gasteiger charge is -2.32. The van der Waals surface area contributed by atoms with Gasteiger partial charge in [0, 0.05) is 18.4 Å². The van der Waals surface area contributed by atoms with Gasteiger partial charge in [0.1, 0.15) is 0 Å². The van der Waals surface area contributed by atoms with Crippen LogP contribution in [0.4, 0.5) is 0 Å². The summed E-state index contributed by atoms with van der Waals surface area (Å²) in [6.45, 7) is 6.51. The van der Waals surface area contributed by atoms with Gasteiger partial charge in [-0.3, -0.25) is 4.79 Å². The largest absolute Gasteiger partial charge is 0.350 e. The van der Waals surface area contributed by atoms with Gasteiger partial charge in [-0.1, -0.05) is 38.1 Å². The van der Waals surface area contributed by atoms with Crippen molar-refractivity contribution in [2.24, 2.45) is 11.7 Å². The zero-order chi connectivity index (χ0) is 16.9. The van der Waals surface area contributed by atoms with Gasteiger partial charge < -0.3 is 16.0 Å². The van der Waals surface area contributed by atoms with Crippen molar-refractivity contribution in [2.75, 3.05) is 0 Å². The normalized spacial score (nSPS) is 13.8. The first-order valence-electron chi connectivity index (χ1n) is 8.02. The number of hydrogen-bond acceptors (Lipinski definition) is 3. The van der Waals surface area contributed by atoms with Crippen molar-refractivity contribution in [3.05, 3.63) is 53.6 Å². The van der Waals surface area contributed by atoms with E-state index in [0.717, 1.165) is 16.8 Å². The third kappa shape index (κ3) is 4.20. The number of nitrogens with one attached hydrogen (secondary N) is 2. The van der Waals surface area contributed by atoms with Crippen LogP contribution in [0.25, 0.3) is 0 Å². The second-order valence-corrected chi connectivity index (χ2v) is 6.38. The van der Waals surface area contributed by atoms with Crippen LogP contribution in [0, 0.1) is 12.8 Å². The predicted molar refractivity (Wildman–Crippen MR) is 91.7 cm³/mol. The highest BCUT2D eigenvalue weighted by Crippen LogP contribution is 2.21. The van der Waals surface area contributed by atoms with Gasteiger partial charge in [0.15, 0.2) is 0 Å². The number of amides is 1. The van der Waals surface area contributed by atoms with E-state index in [1.165, 1.54) is 0 Å². The van der Waals surface area contributed by atoms with E-state index < -0.39 is 5.54 Å². The van der Waals surface area contributed by atoms with Gasteiger partial charge in [-0.15, -0.1) is 0 Å². The van der Waals surface area contributed by atoms with Crippen molar-refractivity contribution in [2.45, 2.75) is 45.7 Å². The van der Waals surface area contributed by atoms with Crippen molar-refractivity contribution >= 4 is 5.91 Å². The molecule has 0 bridgehead atoms. The molecule has 1 amide bonds. The van der Waals surface area contributed by atoms with Crippen LogP contribution in [-0.2, 0) is 17.8 Å². The highest BCUT2D eigenvalue weighted by atomic mass is 16.2. The van der Waals surface area contributed by atoms with E-state index in [1.54, 1.807) is 12.5 Å². The molecule has 124 valence electrons. The first kappa shape index (κ1) is 17.2. The summed E-state index contributed by atoms with van der Waals surface area (Å²) in [5.41, 5.74) is 8.83. The van der Waals surface area contributed by atoms with Gasteiger partial charge >= 0.3 is 0 Å². The minimum Gasteiger partial charge on any atom is -0.350 e. The van der Waals surface area contributed by atoms with Crippen molar-refractivity contribution < 1.29 is 4.79 Å². The summed E-state index contributed by atoms with van der Waals surface area (Å²) >= 11 is 0. The molecule has 4 N–H and O–H groups in total. The maximum Gasteiger partial charge on any atom is 0.240 e. The standard InChI is InChI=1S/C18H26N4O/c1-13(2)18(19,9-8-16-11-20-12-22-16)17(23)21-10-15-7-5-4-6-14(15)3/h4-7,11-13H,8-10,19H2,1-3H3,(H,20,22)(H,21,23)/t18-/m0/s1. The third-order valence-electron chi connectivity index (χ3n) is 4.52. The molecule has 1 aromatic carbocycles. The summed E-state index contributed by atoms with van der Waals surface area (Å²) in [6.07, 6.45) is 4.69. The number of imidazole rings is 1. The SMILES string of the molecule is Cc1ccccc1CNC(=O)[C@](N)(CCc1cnc[nH]1)C(C)C. The third-order valence-corrected chi connectivity index (χ3v) is 4.52. The molecule has 2 rings (SSSR count). The molecule has 0 aliphatic rings. The Kier molecular flexibility index (Phi) is 5.55. The second-order valence-electron chi connectivity index (χ2n) is 6.38. The maximum absolute atomic E-state index is 12.7. The Balaban J connectivity index is 2.01. The Morgan fingerprint density at radius 1 is 1.39 bits per heavy atom. The molecular weight excluding hydrogens is 288 g/mol. The Bertz CT molecular complexity index is 636. The molecule has 0 aliphatic heterocycles. The molecule has 1 atom stereocenters. The first-order valence-corrected chi connectivity index (χ1v) is 8.02. The summed E-state index contributed by atoms with van der Waals surface area (Å²) < 4.78 is 0. The molecular formula is C18H26N4O. The van der Waals surface area contributed by atoms with Crippen LogP contribution in [-0.4, -0.2) is 21.4 Å². The molecule has 0 saturated carbocycles. The van der Waals surface area contributed by atoms with E-state index in [1.807, 2.05) is 45.0 Å². The van der Waals surface area contributed by atoms with Crippen LogP contribution in [0.2, 0.25) is 0 Å². The zero-order valence-electron chi connectivity index (χ0n) is 14.1. The summed E-state index contributed by atoms with van der Waals surface area (Å²) in [7, 11) is 0. The summed E-state index contributed by atoms with van der Waals surface area (Å²) in [5, 5.41) is 3.00. The first-order chi connectivity index (χ1) is 10.9. The Morgan fingerprint density at radius 3 is 2.74 bits per heavy atom. The quantitative estimate of drug-likeness (QED) is 0.733. The number of rotatable bonds is 7. The highest BCUT2D eigenvalue weighted by molar-refractivity contribution is 5.86. The van der Waals surface area contributed by atoms with Gasteiger partial charge in [-0.05, 0) is 36.8 Å².